The summed E-state index contributed by atoms with van der Waals surface area (Å²) >= 11 is 6.17. The van der Waals surface area contributed by atoms with Crippen molar-refractivity contribution in [3.05, 3.63) is 34.9 Å². The lowest BCUT2D eigenvalue weighted by atomic mass is 9.73. The molecule has 24 heavy (non-hydrogen) atoms. The molecule has 1 aromatic rings. The lowest BCUT2D eigenvalue weighted by Crippen LogP contribution is -2.48. The van der Waals surface area contributed by atoms with Gasteiger partial charge in [-0.15, -0.1) is 0 Å². The van der Waals surface area contributed by atoms with Crippen molar-refractivity contribution in [3.8, 4) is 0 Å². The van der Waals surface area contributed by atoms with E-state index in [1.807, 2.05) is 24.3 Å². The van der Waals surface area contributed by atoms with Crippen LogP contribution in [0.15, 0.2) is 24.3 Å². The highest BCUT2D eigenvalue weighted by molar-refractivity contribution is 6.30. The molecule has 0 bridgehead atoms. The standard InChI is InChI=1S/C19H27ClN2O2/c20-17-5-1-4-16(13-17)19(7-11-24-12-8-19)18(23)22-10-6-15-3-2-9-21-14-15/h1,4-5,13,15,21H,2-3,6-12,14H2,(H,22,23). The Morgan fingerprint density at radius 1 is 1.38 bits per heavy atom. The molecule has 1 atom stereocenters. The Morgan fingerprint density at radius 3 is 2.92 bits per heavy atom. The average molecular weight is 351 g/mol. The number of carbonyl (C=O) groups is 1. The van der Waals surface area contributed by atoms with Gasteiger partial charge in [-0.1, -0.05) is 23.7 Å². The predicted molar refractivity (Wildman–Crippen MR) is 96.4 cm³/mol. The van der Waals surface area contributed by atoms with Gasteiger partial charge in [0.15, 0.2) is 0 Å². The molecule has 5 heteroatoms. The number of halogens is 1. The topological polar surface area (TPSA) is 50.4 Å². The second-order valence-corrected chi connectivity index (χ2v) is 7.40. The highest BCUT2D eigenvalue weighted by Crippen LogP contribution is 2.36. The number of hydrogen-bond donors (Lipinski definition) is 2. The fraction of sp³-hybridized carbons (Fsp3) is 0.632. The molecule has 1 aromatic carbocycles. The molecule has 0 aliphatic carbocycles. The van der Waals surface area contributed by atoms with Gasteiger partial charge in [0.2, 0.25) is 5.91 Å². The third kappa shape index (κ3) is 4.11. The number of piperidine rings is 1. The second-order valence-electron chi connectivity index (χ2n) is 6.96. The quantitative estimate of drug-likeness (QED) is 0.858. The van der Waals surface area contributed by atoms with Crippen LogP contribution in [0, 0.1) is 5.92 Å². The van der Waals surface area contributed by atoms with Gasteiger partial charge >= 0.3 is 0 Å². The molecular weight excluding hydrogens is 324 g/mol. The number of benzene rings is 1. The number of hydrogen-bond acceptors (Lipinski definition) is 3. The van der Waals surface area contributed by atoms with Gasteiger partial charge in [-0.3, -0.25) is 4.79 Å². The van der Waals surface area contributed by atoms with E-state index in [0.717, 1.165) is 31.6 Å². The molecule has 2 heterocycles. The van der Waals surface area contributed by atoms with Crippen LogP contribution in [0.3, 0.4) is 0 Å². The molecule has 2 saturated heterocycles. The summed E-state index contributed by atoms with van der Waals surface area (Å²) < 4.78 is 5.51. The maximum Gasteiger partial charge on any atom is 0.230 e. The zero-order valence-electron chi connectivity index (χ0n) is 14.2. The summed E-state index contributed by atoms with van der Waals surface area (Å²) in [6, 6.07) is 7.72. The Hall–Kier alpha value is -1.10. The van der Waals surface area contributed by atoms with Gasteiger partial charge in [0.05, 0.1) is 5.41 Å². The molecule has 0 saturated carbocycles. The zero-order valence-corrected chi connectivity index (χ0v) is 14.9. The molecule has 0 aromatic heterocycles. The Morgan fingerprint density at radius 2 is 2.21 bits per heavy atom. The van der Waals surface area contributed by atoms with E-state index in [-0.39, 0.29) is 5.91 Å². The Balaban J connectivity index is 1.65. The third-order valence-electron chi connectivity index (χ3n) is 5.40. The van der Waals surface area contributed by atoms with Crippen LogP contribution in [0.2, 0.25) is 5.02 Å². The average Bonchev–Trinajstić information content (AvgIpc) is 2.63. The SMILES string of the molecule is O=C(NCCC1CCCNC1)C1(c2cccc(Cl)c2)CCOCC1. The number of rotatable bonds is 5. The summed E-state index contributed by atoms with van der Waals surface area (Å²) in [4.78, 5) is 13.0. The molecule has 2 aliphatic rings. The van der Waals surface area contributed by atoms with Crippen LogP contribution >= 0.6 is 11.6 Å². The van der Waals surface area contributed by atoms with Gasteiger partial charge in [-0.05, 0) is 68.8 Å². The van der Waals surface area contributed by atoms with E-state index in [2.05, 4.69) is 10.6 Å². The first kappa shape index (κ1) is 17.7. The van der Waals surface area contributed by atoms with E-state index in [1.165, 1.54) is 12.8 Å². The van der Waals surface area contributed by atoms with Crippen molar-refractivity contribution < 1.29 is 9.53 Å². The van der Waals surface area contributed by atoms with Crippen LogP contribution < -0.4 is 10.6 Å². The maximum absolute atomic E-state index is 13.0. The first-order valence-corrected chi connectivity index (χ1v) is 9.41. The maximum atomic E-state index is 13.0. The Kier molecular flexibility index (Phi) is 6.14. The van der Waals surface area contributed by atoms with E-state index in [4.69, 9.17) is 16.3 Å². The lowest BCUT2D eigenvalue weighted by molar-refractivity contribution is -0.130. The van der Waals surface area contributed by atoms with E-state index in [1.54, 1.807) is 0 Å². The first-order chi connectivity index (χ1) is 11.7. The highest BCUT2D eigenvalue weighted by atomic mass is 35.5. The molecule has 2 aliphatic heterocycles. The molecule has 2 N–H and O–H groups in total. The summed E-state index contributed by atoms with van der Waals surface area (Å²) in [5.74, 6) is 0.799. The van der Waals surface area contributed by atoms with Crippen molar-refractivity contribution in [1.29, 1.82) is 0 Å². The molecule has 4 nitrogen and oxygen atoms in total. The number of nitrogens with one attached hydrogen (secondary N) is 2. The van der Waals surface area contributed by atoms with Gasteiger partial charge in [0, 0.05) is 24.8 Å². The number of carbonyl (C=O) groups excluding carboxylic acids is 1. The van der Waals surface area contributed by atoms with Gasteiger partial charge < -0.3 is 15.4 Å². The van der Waals surface area contributed by atoms with Crippen LogP contribution in [0.5, 0.6) is 0 Å². The van der Waals surface area contributed by atoms with Crippen molar-refractivity contribution >= 4 is 17.5 Å². The molecular formula is C19H27ClN2O2. The fourth-order valence-electron chi connectivity index (χ4n) is 3.88. The highest BCUT2D eigenvalue weighted by Gasteiger charge is 2.41. The zero-order chi connectivity index (χ0) is 16.8. The Bertz CT molecular complexity index is 552. The van der Waals surface area contributed by atoms with Crippen LogP contribution in [0.1, 0.15) is 37.7 Å². The van der Waals surface area contributed by atoms with Crippen molar-refractivity contribution in [2.45, 2.75) is 37.5 Å². The van der Waals surface area contributed by atoms with Crippen LogP contribution in [-0.2, 0) is 14.9 Å². The van der Waals surface area contributed by atoms with Crippen LogP contribution in [0.25, 0.3) is 0 Å². The molecule has 132 valence electrons. The smallest absolute Gasteiger partial charge is 0.230 e. The molecule has 0 spiro atoms. The minimum Gasteiger partial charge on any atom is -0.381 e. The summed E-state index contributed by atoms with van der Waals surface area (Å²) in [6.45, 7) is 4.18. The monoisotopic (exact) mass is 350 g/mol. The van der Waals surface area contributed by atoms with Crippen LogP contribution in [-0.4, -0.2) is 38.8 Å². The van der Waals surface area contributed by atoms with Crippen molar-refractivity contribution in [3.63, 3.8) is 0 Å². The van der Waals surface area contributed by atoms with E-state index in [0.29, 0.717) is 37.0 Å². The summed E-state index contributed by atoms with van der Waals surface area (Å²) in [5.41, 5.74) is 0.503. The normalized spacial score (nSPS) is 23.6. The predicted octanol–water partition coefficient (Wildman–Crippen LogP) is 2.89. The molecule has 1 amide bonds. The van der Waals surface area contributed by atoms with Crippen molar-refractivity contribution in [1.82, 2.24) is 10.6 Å². The van der Waals surface area contributed by atoms with Crippen molar-refractivity contribution in [2.75, 3.05) is 32.8 Å². The number of amides is 1. The van der Waals surface area contributed by atoms with Gasteiger partial charge in [0.1, 0.15) is 0 Å². The van der Waals surface area contributed by atoms with Crippen LogP contribution in [0.4, 0.5) is 0 Å². The molecule has 3 rings (SSSR count). The lowest BCUT2D eigenvalue weighted by Gasteiger charge is -2.36. The van der Waals surface area contributed by atoms with Gasteiger partial charge in [-0.2, -0.15) is 0 Å². The third-order valence-corrected chi connectivity index (χ3v) is 5.63. The van der Waals surface area contributed by atoms with Gasteiger partial charge in [0.25, 0.3) is 0 Å². The van der Waals surface area contributed by atoms with Gasteiger partial charge in [-0.25, -0.2) is 0 Å². The fourth-order valence-corrected chi connectivity index (χ4v) is 4.07. The summed E-state index contributed by atoms with van der Waals surface area (Å²) in [6.07, 6.45) is 4.97. The first-order valence-electron chi connectivity index (χ1n) is 9.03. The van der Waals surface area contributed by atoms with E-state index in [9.17, 15) is 4.79 Å². The van der Waals surface area contributed by atoms with E-state index >= 15 is 0 Å². The molecule has 1 unspecified atom stereocenters. The summed E-state index contributed by atoms with van der Waals surface area (Å²) in [5, 5.41) is 7.31. The largest absolute Gasteiger partial charge is 0.381 e. The summed E-state index contributed by atoms with van der Waals surface area (Å²) in [7, 11) is 0. The minimum atomic E-state index is -0.506. The molecule has 2 fully saturated rings. The van der Waals surface area contributed by atoms with E-state index < -0.39 is 5.41 Å². The second kappa shape index (κ2) is 8.32. The van der Waals surface area contributed by atoms with Crippen molar-refractivity contribution in [2.24, 2.45) is 5.92 Å². The minimum absolute atomic E-state index is 0.122. The number of ether oxygens (including phenoxy) is 1. The molecule has 0 radical (unpaired) electrons. The Labute approximate surface area is 149 Å².